The van der Waals surface area contributed by atoms with Crippen molar-refractivity contribution in [1.82, 2.24) is 19.9 Å². The highest BCUT2D eigenvalue weighted by Crippen LogP contribution is 2.41. The number of phenols is 1. The third-order valence-electron chi connectivity index (χ3n) is 8.68. The van der Waals surface area contributed by atoms with Crippen LogP contribution in [0.5, 0.6) is 5.75 Å². The average Bonchev–Trinajstić information content (AvgIpc) is 3.58. The first-order valence-corrected chi connectivity index (χ1v) is 15.0. The highest BCUT2D eigenvalue weighted by Gasteiger charge is 2.54. The van der Waals surface area contributed by atoms with Crippen molar-refractivity contribution in [2.24, 2.45) is 0 Å². The molecule has 1 N–H and O–H groups in total. The Bertz CT molecular complexity index is 1610. The number of hydrogen-bond donors (Lipinski definition) is 1. The van der Waals surface area contributed by atoms with Gasteiger partial charge in [0.15, 0.2) is 12.4 Å². The number of methoxy groups -OCH3 is 1. The number of amides is 1. The van der Waals surface area contributed by atoms with Crippen LogP contribution in [0.2, 0.25) is 0 Å². The standard InChI is InChI=1S/C33H34FN5O6/c1-42-30-28(39-19-26(35-36-39)22-8-5-9-23(34)18-22)29-27(20-43-33(45-29)21-6-3-2-4-7-21)44-31(30)32(41)38-16-14-37(15-17-38)24-10-12-25(40)13-11-24/h2-13,18-19,27-31,33,40H,14-17,20H2,1H3/t27-,28+,29+,30-,31-,33?/m1/s1. The maximum absolute atomic E-state index is 14.1. The summed E-state index contributed by atoms with van der Waals surface area (Å²) < 4.78 is 40.8. The highest BCUT2D eigenvalue weighted by atomic mass is 19.1. The zero-order chi connectivity index (χ0) is 30.9. The number of aromatic hydroxyl groups is 1. The van der Waals surface area contributed by atoms with E-state index >= 15 is 0 Å². The number of anilines is 1. The highest BCUT2D eigenvalue weighted by molar-refractivity contribution is 5.82. The van der Waals surface area contributed by atoms with E-state index in [-0.39, 0.29) is 24.1 Å². The zero-order valence-corrected chi connectivity index (χ0v) is 24.7. The number of nitrogens with zero attached hydrogens (tertiary/aromatic N) is 5. The van der Waals surface area contributed by atoms with E-state index in [2.05, 4.69) is 15.2 Å². The molecule has 1 unspecified atom stereocenters. The van der Waals surface area contributed by atoms with Crippen LogP contribution in [0.25, 0.3) is 11.3 Å². The smallest absolute Gasteiger partial charge is 0.254 e. The molecule has 1 aromatic heterocycles. The quantitative estimate of drug-likeness (QED) is 0.348. The molecule has 3 aliphatic heterocycles. The summed E-state index contributed by atoms with van der Waals surface area (Å²) in [6.07, 6.45) is -1.83. The predicted molar refractivity (Wildman–Crippen MR) is 161 cm³/mol. The van der Waals surface area contributed by atoms with Gasteiger partial charge in [-0.15, -0.1) is 5.10 Å². The van der Waals surface area contributed by atoms with Gasteiger partial charge in [-0.2, -0.15) is 0 Å². The van der Waals surface area contributed by atoms with Gasteiger partial charge in [-0.3, -0.25) is 4.79 Å². The number of piperazine rings is 1. The van der Waals surface area contributed by atoms with Crippen LogP contribution in [0.15, 0.2) is 85.1 Å². The third kappa shape index (κ3) is 5.89. The first kappa shape index (κ1) is 29.4. The molecule has 0 aliphatic carbocycles. The normalized spacial score (nSPS) is 26.8. The van der Waals surface area contributed by atoms with Gasteiger partial charge in [0.1, 0.15) is 41.6 Å². The van der Waals surface area contributed by atoms with Gasteiger partial charge in [-0.25, -0.2) is 9.07 Å². The Hall–Kier alpha value is -4.36. The number of phenolic OH excluding ortho intramolecular Hbond substituents is 1. The Kier molecular flexibility index (Phi) is 8.19. The van der Waals surface area contributed by atoms with E-state index < -0.39 is 36.7 Å². The summed E-state index contributed by atoms with van der Waals surface area (Å²) in [5.74, 6) is -0.356. The molecule has 3 aliphatic rings. The number of benzene rings is 3. The average molecular weight is 616 g/mol. The van der Waals surface area contributed by atoms with Gasteiger partial charge in [0.05, 0.1) is 12.8 Å². The van der Waals surface area contributed by atoms with Crippen LogP contribution in [0, 0.1) is 5.82 Å². The molecule has 234 valence electrons. The van der Waals surface area contributed by atoms with Crippen molar-refractivity contribution in [2.75, 3.05) is 44.8 Å². The Labute approximate surface area is 259 Å². The van der Waals surface area contributed by atoms with Gasteiger partial charge < -0.3 is 33.9 Å². The van der Waals surface area contributed by atoms with Crippen LogP contribution >= 0.6 is 0 Å². The lowest BCUT2D eigenvalue weighted by Gasteiger charge is -2.49. The number of carbonyl (C=O) groups excluding carboxylic acids is 1. The zero-order valence-electron chi connectivity index (χ0n) is 24.7. The van der Waals surface area contributed by atoms with Crippen molar-refractivity contribution in [3.05, 3.63) is 96.4 Å². The van der Waals surface area contributed by atoms with E-state index in [1.54, 1.807) is 47.2 Å². The molecule has 12 heteroatoms. The molecule has 4 heterocycles. The van der Waals surface area contributed by atoms with E-state index in [1.807, 2.05) is 42.5 Å². The maximum atomic E-state index is 14.1. The molecule has 6 atom stereocenters. The van der Waals surface area contributed by atoms with Gasteiger partial charge >= 0.3 is 0 Å². The van der Waals surface area contributed by atoms with Crippen LogP contribution in [0.4, 0.5) is 10.1 Å². The van der Waals surface area contributed by atoms with Crippen molar-refractivity contribution in [3.63, 3.8) is 0 Å². The second-order valence-electron chi connectivity index (χ2n) is 11.4. The van der Waals surface area contributed by atoms with Gasteiger partial charge in [0, 0.05) is 50.1 Å². The topological polar surface area (TPSA) is 111 Å². The van der Waals surface area contributed by atoms with E-state index in [9.17, 15) is 14.3 Å². The minimum Gasteiger partial charge on any atom is -0.508 e. The van der Waals surface area contributed by atoms with E-state index in [4.69, 9.17) is 18.9 Å². The van der Waals surface area contributed by atoms with Crippen LogP contribution in [-0.4, -0.2) is 95.2 Å². The van der Waals surface area contributed by atoms with Gasteiger partial charge in [-0.05, 0) is 36.4 Å². The molecule has 1 amide bonds. The Morgan fingerprint density at radius 3 is 2.49 bits per heavy atom. The van der Waals surface area contributed by atoms with Crippen molar-refractivity contribution >= 4 is 11.6 Å². The van der Waals surface area contributed by atoms with Gasteiger partial charge in [0.2, 0.25) is 0 Å². The number of halogens is 1. The van der Waals surface area contributed by atoms with E-state index in [1.165, 1.54) is 12.1 Å². The lowest BCUT2D eigenvalue weighted by molar-refractivity contribution is -0.315. The third-order valence-corrected chi connectivity index (χ3v) is 8.68. The molecule has 0 saturated carbocycles. The molecule has 3 saturated heterocycles. The number of fused-ring (bicyclic) bond motifs is 1. The first-order chi connectivity index (χ1) is 22.0. The molecule has 3 aromatic carbocycles. The van der Waals surface area contributed by atoms with Gasteiger partial charge in [-0.1, -0.05) is 47.7 Å². The number of hydrogen-bond acceptors (Lipinski definition) is 9. The van der Waals surface area contributed by atoms with Crippen LogP contribution in [-0.2, 0) is 23.7 Å². The maximum Gasteiger partial charge on any atom is 0.254 e. The summed E-state index contributed by atoms with van der Waals surface area (Å²) in [4.78, 5) is 18.1. The minimum absolute atomic E-state index is 0.189. The summed E-state index contributed by atoms with van der Waals surface area (Å²) in [7, 11) is 1.54. The molecule has 0 radical (unpaired) electrons. The Balaban J connectivity index is 1.16. The summed E-state index contributed by atoms with van der Waals surface area (Å²) in [6, 6.07) is 22.2. The first-order valence-electron chi connectivity index (χ1n) is 15.0. The van der Waals surface area contributed by atoms with Crippen molar-refractivity contribution < 1.29 is 33.2 Å². The number of aromatic nitrogens is 3. The second-order valence-corrected chi connectivity index (χ2v) is 11.4. The Morgan fingerprint density at radius 1 is 0.978 bits per heavy atom. The summed E-state index contributed by atoms with van der Waals surface area (Å²) in [5, 5.41) is 18.4. The molecule has 45 heavy (non-hydrogen) atoms. The van der Waals surface area contributed by atoms with E-state index in [0.717, 1.165) is 11.3 Å². The van der Waals surface area contributed by atoms with Crippen molar-refractivity contribution in [3.8, 4) is 17.0 Å². The molecule has 7 rings (SSSR count). The SMILES string of the molecule is CO[C@@H]1[C@@H](n2cc(-c3cccc(F)c3)nn2)[C@H]2OC(c3ccccc3)OC[C@H]2O[C@H]1C(=O)N1CCN(c2ccc(O)cc2)CC1. The lowest BCUT2D eigenvalue weighted by Crippen LogP contribution is -2.64. The largest absolute Gasteiger partial charge is 0.508 e. The van der Waals surface area contributed by atoms with E-state index in [0.29, 0.717) is 37.4 Å². The number of carbonyl (C=O) groups is 1. The molecule has 3 fully saturated rings. The van der Waals surface area contributed by atoms with Gasteiger partial charge in [0.25, 0.3) is 5.91 Å². The second kappa shape index (κ2) is 12.6. The lowest BCUT2D eigenvalue weighted by atomic mass is 9.90. The molecule has 11 nitrogen and oxygen atoms in total. The van der Waals surface area contributed by atoms with Crippen molar-refractivity contribution in [2.45, 2.75) is 36.7 Å². The van der Waals surface area contributed by atoms with Crippen LogP contribution in [0.1, 0.15) is 17.9 Å². The molecule has 4 aromatic rings. The van der Waals surface area contributed by atoms with Crippen LogP contribution in [0.3, 0.4) is 0 Å². The molecular formula is C33H34FN5O6. The summed E-state index contributed by atoms with van der Waals surface area (Å²) in [5.41, 5.74) is 2.89. The summed E-state index contributed by atoms with van der Waals surface area (Å²) in [6.45, 7) is 2.43. The summed E-state index contributed by atoms with van der Waals surface area (Å²) >= 11 is 0. The fourth-order valence-electron chi connectivity index (χ4n) is 6.37. The predicted octanol–water partition coefficient (Wildman–Crippen LogP) is 3.58. The molecule has 0 spiro atoms. The van der Waals surface area contributed by atoms with Crippen molar-refractivity contribution in [1.29, 1.82) is 0 Å². The molecular weight excluding hydrogens is 581 g/mol. The number of ether oxygens (including phenoxy) is 4. The molecule has 0 bridgehead atoms. The fourth-order valence-corrected chi connectivity index (χ4v) is 6.37. The Morgan fingerprint density at radius 2 is 1.76 bits per heavy atom. The minimum atomic E-state index is -0.955. The number of rotatable bonds is 6. The monoisotopic (exact) mass is 615 g/mol. The fraction of sp³-hybridized carbons (Fsp3) is 0.364. The van der Waals surface area contributed by atoms with Crippen LogP contribution < -0.4 is 4.90 Å².